The number of benzene rings is 1. The first-order valence-corrected chi connectivity index (χ1v) is 8.43. The number of nitrogens with zero attached hydrogens (tertiary/aromatic N) is 4. The third-order valence-electron chi connectivity index (χ3n) is 4.40. The Morgan fingerprint density at radius 2 is 1.38 bits per heavy atom. The Bertz CT molecular complexity index is 782. The molecular formula is C19H21FN4O2. The summed E-state index contributed by atoms with van der Waals surface area (Å²) in [5.41, 5.74) is 0.989. The van der Waals surface area contributed by atoms with Crippen LogP contribution in [0, 0.1) is 5.82 Å². The fourth-order valence-corrected chi connectivity index (χ4v) is 2.85. The molecule has 0 bridgehead atoms. The van der Waals surface area contributed by atoms with E-state index < -0.39 is 0 Å². The Morgan fingerprint density at radius 3 is 1.85 bits per heavy atom. The number of amides is 2. The summed E-state index contributed by atoms with van der Waals surface area (Å²) in [6.45, 7) is 1.82. The average Bonchev–Trinajstić information content (AvgIpc) is 2.67. The maximum atomic E-state index is 13.0. The van der Waals surface area contributed by atoms with Gasteiger partial charge in [-0.15, -0.1) is 0 Å². The van der Waals surface area contributed by atoms with Gasteiger partial charge in [0.05, 0.1) is 5.56 Å². The number of rotatable bonds is 3. The number of carbonyl (C=O) groups excluding carboxylic acids is 2. The molecule has 0 aliphatic carbocycles. The summed E-state index contributed by atoms with van der Waals surface area (Å²) >= 11 is 0. The van der Waals surface area contributed by atoms with E-state index >= 15 is 0 Å². The van der Waals surface area contributed by atoms with E-state index in [2.05, 4.69) is 4.98 Å². The molecule has 3 rings (SSSR count). The molecule has 0 N–H and O–H groups in total. The van der Waals surface area contributed by atoms with E-state index in [1.54, 1.807) is 22.1 Å². The van der Waals surface area contributed by atoms with Crippen LogP contribution in [-0.4, -0.2) is 66.9 Å². The number of halogens is 1. The van der Waals surface area contributed by atoms with Gasteiger partial charge in [-0.25, -0.2) is 9.37 Å². The van der Waals surface area contributed by atoms with Crippen LogP contribution in [0.1, 0.15) is 20.7 Å². The highest BCUT2D eigenvalue weighted by Gasteiger charge is 2.25. The first-order chi connectivity index (χ1) is 12.5. The van der Waals surface area contributed by atoms with Gasteiger partial charge in [0.25, 0.3) is 11.8 Å². The predicted molar refractivity (Wildman–Crippen MR) is 96.8 cm³/mol. The molecule has 0 spiro atoms. The minimum Gasteiger partial charge on any atom is -0.363 e. The van der Waals surface area contributed by atoms with Gasteiger partial charge in [-0.1, -0.05) is 0 Å². The molecule has 0 saturated carbocycles. The van der Waals surface area contributed by atoms with Gasteiger partial charge in [0.2, 0.25) is 0 Å². The maximum absolute atomic E-state index is 13.0. The van der Waals surface area contributed by atoms with E-state index in [0.29, 0.717) is 37.3 Å². The highest BCUT2D eigenvalue weighted by Crippen LogP contribution is 2.14. The maximum Gasteiger partial charge on any atom is 0.255 e. The molecule has 1 fully saturated rings. The van der Waals surface area contributed by atoms with Crippen LogP contribution >= 0.6 is 0 Å². The van der Waals surface area contributed by atoms with Crippen molar-refractivity contribution in [1.82, 2.24) is 14.8 Å². The average molecular weight is 356 g/mol. The highest BCUT2D eigenvalue weighted by atomic mass is 19.1. The summed E-state index contributed by atoms with van der Waals surface area (Å²) in [7, 11) is 3.78. The number of hydrogen-bond acceptors (Lipinski definition) is 4. The van der Waals surface area contributed by atoms with Crippen molar-refractivity contribution in [1.29, 1.82) is 0 Å². The number of carbonyl (C=O) groups is 2. The molecule has 1 aromatic heterocycles. The van der Waals surface area contributed by atoms with E-state index in [1.807, 2.05) is 25.1 Å². The topological polar surface area (TPSA) is 56.8 Å². The molecule has 2 amide bonds. The summed E-state index contributed by atoms with van der Waals surface area (Å²) in [6.07, 6.45) is 1.58. The van der Waals surface area contributed by atoms with E-state index in [0.717, 1.165) is 5.82 Å². The quantitative estimate of drug-likeness (QED) is 0.843. The summed E-state index contributed by atoms with van der Waals surface area (Å²) in [5, 5.41) is 0. The Morgan fingerprint density at radius 1 is 0.885 bits per heavy atom. The van der Waals surface area contributed by atoms with Crippen molar-refractivity contribution in [3.05, 3.63) is 59.5 Å². The number of aromatic nitrogens is 1. The Labute approximate surface area is 151 Å². The second kappa shape index (κ2) is 7.51. The Kier molecular flexibility index (Phi) is 5.16. The molecular weight excluding hydrogens is 335 g/mol. The minimum absolute atomic E-state index is 0.0864. The van der Waals surface area contributed by atoms with Gasteiger partial charge >= 0.3 is 0 Å². The molecule has 0 unspecified atom stereocenters. The first-order valence-electron chi connectivity index (χ1n) is 8.43. The second-order valence-corrected chi connectivity index (χ2v) is 6.39. The molecule has 7 heteroatoms. The molecule has 6 nitrogen and oxygen atoms in total. The predicted octanol–water partition coefficient (Wildman–Crippen LogP) is 1.88. The lowest BCUT2D eigenvalue weighted by molar-refractivity contribution is 0.0535. The molecule has 1 aliphatic heterocycles. The normalized spacial score (nSPS) is 14.3. The smallest absolute Gasteiger partial charge is 0.255 e. The van der Waals surface area contributed by atoms with Crippen molar-refractivity contribution >= 4 is 17.6 Å². The molecule has 0 atom stereocenters. The van der Waals surface area contributed by atoms with Gasteiger partial charge in [-0.3, -0.25) is 9.59 Å². The Balaban J connectivity index is 1.60. The van der Waals surface area contributed by atoms with Gasteiger partial charge < -0.3 is 14.7 Å². The van der Waals surface area contributed by atoms with Crippen LogP contribution in [0.25, 0.3) is 0 Å². The number of anilines is 1. The zero-order chi connectivity index (χ0) is 18.7. The number of pyridine rings is 1. The molecule has 1 aromatic carbocycles. The van der Waals surface area contributed by atoms with Gasteiger partial charge in [-0.05, 0) is 36.4 Å². The molecule has 136 valence electrons. The van der Waals surface area contributed by atoms with Gasteiger partial charge in [0.15, 0.2) is 0 Å². The second-order valence-electron chi connectivity index (χ2n) is 6.39. The summed E-state index contributed by atoms with van der Waals surface area (Å²) in [4.78, 5) is 34.6. The zero-order valence-electron chi connectivity index (χ0n) is 14.9. The van der Waals surface area contributed by atoms with E-state index in [4.69, 9.17) is 0 Å². The van der Waals surface area contributed by atoms with Crippen molar-refractivity contribution in [2.45, 2.75) is 0 Å². The van der Waals surface area contributed by atoms with Gasteiger partial charge in [0, 0.05) is 52.0 Å². The fraction of sp³-hybridized carbons (Fsp3) is 0.316. The van der Waals surface area contributed by atoms with Crippen molar-refractivity contribution in [2.75, 3.05) is 45.2 Å². The zero-order valence-corrected chi connectivity index (χ0v) is 14.9. The van der Waals surface area contributed by atoms with Crippen LogP contribution in [0.15, 0.2) is 42.6 Å². The van der Waals surface area contributed by atoms with Crippen LogP contribution in [-0.2, 0) is 0 Å². The van der Waals surface area contributed by atoms with Crippen LogP contribution in [0.4, 0.5) is 10.2 Å². The van der Waals surface area contributed by atoms with Crippen molar-refractivity contribution in [2.24, 2.45) is 0 Å². The number of piperazine rings is 1. The molecule has 2 heterocycles. The molecule has 0 radical (unpaired) electrons. The van der Waals surface area contributed by atoms with Crippen LogP contribution < -0.4 is 4.90 Å². The fourth-order valence-electron chi connectivity index (χ4n) is 2.85. The highest BCUT2D eigenvalue weighted by molar-refractivity contribution is 5.96. The third-order valence-corrected chi connectivity index (χ3v) is 4.40. The Hall–Kier alpha value is -2.96. The lowest BCUT2D eigenvalue weighted by Crippen LogP contribution is -2.50. The molecule has 1 saturated heterocycles. The van der Waals surface area contributed by atoms with Crippen molar-refractivity contribution in [3.63, 3.8) is 0 Å². The van der Waals surface area contributed by atoms with Gasteiger partial charge in [0.1, 0.15) is 11.6 Å². The molecule has 26 heavy (non-hydrogen) atoms. The van der Waals surface area contributed by atoms with Crippen molar-refractivity contribution in [3.8, 4) is 0 Å². The lowest BCUT2D eigenvalue weighted by atomic mass is 10.1. The molecule has 2 aromatic rings. The lowest BCUT2D eigenvalue weighted by Gasteiger charge is -2.34. The summed E-state index contributed by atoms with van der Waals surface area (Å²) < 4.78 is 13.0. The van der Waals surface area contributed by atoms with Crippen LogP contribution in [0.5, 0.6) is 0 Å². The van der Waals surface area contributed by atoms with Crippen LogP contribution in [0.2, 0.25) is 0 Å². The SMILES string of the molecule is CN(C)c1ccc(C(=O)N2CCN(C(=O)c3ccc(F)cc3)CC2)cn1. The van der Waals surface area contributed by atoms with E-state index in [1.165, 1.54) is 24.3 Å². The summed E-state index contributed by atoms with van der Waals surface area (Å²) in [5.74, 6) is 0.188. The summed E-state index contributed by atoms with van der Waals surface area (Å²) in [6, 6.07) is 9.08. The molecule has 1 aliphatic rings. The third kappa shape index (κ3) is 3.82. The largest absolute Gasteiger partial charge is 0.363 e. The first kappa shape index (κ1) is 17.8. The minimum atomic E-state index is -0.370. The van der Waals surface area contributed by atoms with Crippen LogP contribution in [0.3, 0.4) is 0 Å². The standard InChI is InChI=1S/C19H21FN4O2/c1-22(2)17-8-5-15(13-21-17)19(26)24-11-9-23(10-12-24)18(25)14-3-6-16(20)7-4-14/h3-8,13H,9-12H2,1-2H3. The van der Waals surface area contributed by atoms with E-state index in [-0.39, 0.29) is 17.6 Å². The number of hydrogen-bond donors (Lipinski definition) is 0. The monoisotopic (exact) mass is 356 g/mol. The van der Waals surface area contributed by atoms with Gasteiger partial charge in [-0.2, -0.15) is 0 Å². The van der Waals surface area contributed by atoms with Crippen molar-refractivity contribution < 1.29 is 14.0 Å². The van der Waals surface area contributed by atoms with E-state index in [9.17, 15) is 14.0 Å².